The zero-order valence-electron chi connectivity index (χ0n) is 15.7. The first-order valence-electron chi connectivity index (χ1n) is 8.86. The molecule has 0 aliphatic carbocycles. The van der Waals surface area contributed by atoms with E-state index < -0.39 is 5.60 Å². The van der Waals surface area contributed by atoms with E-state index in [1.807, 2.05) is 42.1 Å². The number of nitrogens with one attached hydrogen (secondary N) is 1. The number of aryl methyl sites for hydroxylation is 1. The summed E-state index contributed by atoms with van der Waals surface area (Å²) >= 11 is 0. The fourth-order valence-corrected chi connectivity index (χ4v) is 3.58. The second-order valence-electron chi connectivity index (χ2n) is 6.83. The van der Waals surface area contributed by atoms with Crippen LogP contribution in [-0.2, 0) is 26.9 Å². The highest BCUT2D eigenvalue weighted by Gasteiger charge is 2.38. The minimum absolute atomic E-state index is 0.150. The van der Waals surface area contributed by atoms with Gasteiger partial charge in [0.25, 0.3) is 0 Å². The highest BCUT2D eigenvalue weighted by Crippen LogP contribution is 2.35. The molecule has 1 atom stereocenters. The van der Waals surface area contributed by atoms with Gasteiger partial charge in [-0.05, 0) is 18.2 Å². The lowest BCUT2D eigenvalue weighted by Gasteiger charge is -2.25. The summed E-state index contributed by atoms with van der Waals surface area (Å²) in [4.78, 5) is 20.6. The second-order valence-corrected chi connectivity index (χ2v) is 6.83. The number of carbonyl (C=O) groups is 1. The molecule has 4 heterocycles. The number of nitrogens with zero attached hydrogens (tertiary/aromatic N) is 3. The average molecular weight is 366 g/mol. The Bertz CT molecular complexity index is 1010. The zero-order valence-corrected chi connectivity index (χ0v) is 15.7. The number of methoxy groups -OCH3 is 1. The number of aromatic nitrogens is 3. The number of hydrogen-bond donors (Lipinski definition) is 1. The van der Waals surface area contributed by atoms with Crippen LogP contribution in [0.25, 0.3) is 22.2 Å². The van der Waals surface area contributed by atoms with Gasteiger partial charge in [-0.15, -0.1) is 0 Å². The zero-order chi connectivity index (χ0) is 19.0. The lowest BCUT2D eigenvalue weighted by atomic mass is 9.97. The van der Waals surface area contributed by atoms with Crippen LogP contribution in [0, 0.1) is 0 Å². The largest absolute Gasteiger partial charge is 0.378 e. The molecule has 1 aliphatic heterocycles. The van der Waals surface area contributed by atoms with Crippen LogP contribution < -0.4 is 5.32 Å². The van der Waals surface area contributed by atoms with E-state index in [0.29, 0.717) is 19.0 Å². The molecule has 0 spiro atoms. The van der Waals surface area contributed by atoms with Crippen molar-refractivity contribution in [3.63, 3.8) is 0 Å². The highest BCUT2D eigenvalue weighted by molar-refractivity contribution is 5.98. The van der Waals surface area contributed by atoms with Crippen LogP contribution in [0.15, 0.2) is 36.7 Å². The number of rotatable bonds is 4. The van der Waals surface area contributed by atoms with Crippen LogP contribution in [0.4, 0.5) is 5.82 Å². The lowest BCUT2D eigenvalue weighted by Crippen LogP contribution is -2.30. The SMILES string of the molecule is COC1(c2cccc(-c3cn(C)c4cnc(NC(C)=O)cc34)n2)CCOC1. The van der Waals surface area contributed by atoms with Gasteiger partial charge in [-0.3, -0.25) is 4.79 Å². The van der Waals surface area contributed by atoms with Crippen LogP contribution in [0.5, 0.6) is 0 Å². The monoisotopic (exact) mass is 366 g/mol. The van der Waals surface area contributed by atoms with Crippen LogP contribution in [0.1, 0.15) is 19.0 Å². The molecule has 1 N–H and O–H groups in total. The maximum Gasteiger partial charge on any atom is 0.222 e. The molecule has 3 aromatic heterocycles. The average Bonchev–Trinajstić information content (AvgIpc) is 3.27. The minimum Gasteiger partial charge on any atom is -0.378 e. The normalized spacial score (nSPS) is 19.5. The molecule has 0 radical (unpaired) electrons. The summed E-state index contributed by atoms with van der Waals surface area (Å²) in [5, 5.41) is 3.72. The van der Waals surface area contributed by atoms with E-state index in [-0.39, 0.29) is 5.91 Å². The van der Waals surface area contributed by atoms with E-state index in [1.165, 1.54) is 6.92 Å². The number of anilines is 1. The fourth-order valence-electron chi connectivity index (χ4n) is 3.58. The van der Waals surface area contributed by atoms with Gasteiger partial charge in [0.05, 0.1) is 29.7 Å². The van der Waals surface area contributed by atoms with Crippen molar-refractivity contribution in [3.05, 3.63) is 42.4 Å². The van der Waals surface area contributed by atoms with E-state index in [1.54, 1.807) is 13.3 Å². The summed E-state index contributed by atoms with van der Waals surface area (Å²) < 4.78 is 13.4. The van der Waals surface area contributed by atoms with Gasteiger partial charge in [-0.1, -0.05) is 6.07 Å². The molecule has 0 saturated carbocycles. The van der Waals surface area contributed by atoms with Gasteiger partial charge < -0.3 is 19.4 Å². The van der Waals surface area contributed by atoms with E-state index in [0.717, 1.165) is 34.3 Å². The van der Waals surface area contributed by atoms with E-state index in [2.05, 4.69) is 10.3 Å². The smallest absolute Gasteiger partial charge is 0.222 e. The molecular formula is C20H22N4O3. The molecular weight excluding hydrogens is 344 g/mol. The summed E-state index contributed by atoms with van der Waals surface area (Å²) in [5.41, 5.74) is 3.17. The molecule has 140 valence electrons. The lowest BCUT2D eigenvalue weighted by molar-refractivity contribution is -0.114. The predicted octanol–water partition coefficient (Wildman–Crippen LogP) is 2.86. The van der Waals surface area contributed by atoms with E-state index in [9.17, 15) is 4.79 Å². The topological polar surface area (TPSA) is 78.3 Å². The Kier molecular flexibility index (Phi) is 4.41. The summed E-state index contributed by atoms with van der Waals surface area (Å²) in [7, 11) is 3.67. The van der Waals surface area contributed by atoms with Crippen molar-refractivity contribution in [1.29, 1.82) is 0 Å². The Morgan fingerprint density at radius 2 is 2.26 bits per heavy atom. The molecule has 0 bridgehead atoms. The molecule has 4 rings (SSSR count). The first-order valence-corrected chi connectivity index (χ1v) is 8.86. The summed E-state index contributed by atoms with van der Waals surface area (Å²) in [5.74, 6) is 0.374. The highest BCUT2D eigenvalue weighted by atomic mass is 16.5. The molecule has 7 nitrogen and oxygen atoms in total. The summed E-state index contributed by atoms with van der Waals surface area (Å²) in [6, 6.07) is 7.84. The number of carbonyl (C=O) groups excluding carboxylic acids is 1. The van der Waals surface area contributed by atoms with Crippen molar-refractivity contribution in [2.45, 2.75) is 18.9 Å². The van der Waals surface area contributed by atoms with Crippen molar-refractivity contribution in [2.24, 2.45) is 7.05 Å². The van der Waals surface area contributed by atoms with Crippen LogP contribution in [0.3, 0.4) is 0 Å². The third kappa shape index (κ3) is 3.09. The van der Waals surface area contributed by atoms with Crippen molar-refractivity contribution >= 4 is 22.6 Å². The summed E-state index contributed by atoms with van der Waals surface area (Å²) in [6.45, 7) is 2.64. The third-order valence-electron chi connectivity index (χ3n) is 5.05. The second kappa shape index (κ2) is 6.75. The molecule has 1 saturated heterocycles. The van der Waals surface area contributed by atoms with Crippen LogP contribution in [-0.4, -0.2) is 40.8 Å². The molecule has 0 aromatic carbocycles. The number of fused-ring (bicyclic) bond motifs is 1. The van der Waals surface area contributed by atoms with Gasteiger partial charge in [0.15, 0.2) is 0 Å². The van der Waals surface area contributed by atoms with Gasteiger partial charge in [0, 0.05) is 51.3 Å². The Morgan fingerprint density at radius 3 is 2.96 bits per heavy atom. The Hall–Kier alpha value is -2.77. The molecule has 3 aromatic rings. The van der Waals surface area contributed by atoms with Crippen LogP contribution in [0.2, 0.25) is 0 Å². The maximum atomic E-state index is 11.4. The van der Waals surface area contributed by atoms with Gasteiger partial charge >= 0.3 is 0 Å². The Labute approximate surface area is 157 Å². The van der Waals surface area contributed by atoms with E-state index in [4.69, 9.17) is 14.5 Å². The first kappa shape index (κ1) is 17.6. The van der Waals surface area contributed by atoms with Gasteiger partial charge in [-0.25, -0.2) is 9.97 Å². The molecule has 1 amide bonds. The molecule has 27 heavy (non-hydrogen) atoms. The minimum atomic E-state index is -0.497. The number of pyridine rings is 2. The molecule has 1 aliphatic rings. The number of hydrogen-bond acceptors (Lipinski definition) is 5. The predicted molar refractivity (Wildman–Crippen MR) is 102 cm³/mol. The van der Waals surface area contributed by atoms with Crippen molar-refractivity contribution < 1.29 is 14.3 Å². The quantitative estimate of drug-likeness (QED) is 0.768. The van der Waals surface area contributed by atoms with Gasteiger partial charge in [0.2, 0.25) is 5.91 Å². The third-order valence-corrected chi connectivity index (χ3v) is 5.05. The van der Waals surface area contributed by atoms with Gasteiger partial charge in [-0.2, -0.15) is 0 Å². The number of ether oxygens (including phenoxy) is 2. The first-order chi connectivity index (χ1) is 13.0. The fraction of sp³-hybridized carbons (Fsp3) is 0.350. The molecule has 1 unspecified atom stereocenters. The summed E-state index contributed by atoms with van der Waals surface area (Å²) in [6.07, 6.45) is 4.57. The standard InChI is InChI=1S/C20H22N4O3/c1-13(25)22-19-9-14-15(11-24(2)17(14)10-21-19)16-5-4-6-18(23-16)20(26-3)7-8-27-12-20/h4-6,9-11H,7-8,12H2,1-3H3,(H,21,22,25). The Morgan fingerprint density at radius 1 is 1.41 bits per heavy atom. The van der Waals surface area contributed by atoms with Crippen molar-refractivity contribution in [1.82, 2.24) is 14.5 Å². The van der Waals surface area contributed by atoms with Gasteiger partial charge in [0.1, 0.15) is 11.4 Å². The van der Waals surface area contributed by atoms with E-state index >= 15 is 0 Å². The maximum absolute atomic E-state index is 11.4. The molecule has 7 heteroatoms. The van der Waals surface area contributed by atoms with Crippen molar-refractivity contribution in [3.8, 4) is 11.3 Å². The van der Waals surface area contributed by atoms with Crippen LogP contribution >= 0.6 is 0 Å². The Balaban J connectivity index is 1.82. The number of amides is 1. The van der Waals surface area contributed by atoms with Crippen molar-refractivity contribution in [2.75, 3.05) is 25.6 Å². The molecule has 1 fully saturated rings.